The molecule has 1 aromatic heterocycles. The van der Waals surface area contributed by atoms with Gasteiger partial charge in [-0.3, -0.25) is 0 Å². The number of carboxylic acids is 1. The van der Waals surface area contributed by atoms with Gasteiger partial charge in [-0.1, -0.05) is 26.3 Å². The number of ether oxygens (including phenoxy) is 1. The molecule has 0 bridgehead atoms. The molecule has 0 amide bonds. The molecule has 0 unspecified atom stereocenters. The first-order valence-electron chi connectivity index (χ1n) is 10.0. The number of unbranched alkanes of at least 4 members (excludes halogenated alkanes) is 1. The predicted octanol–water partition coefficient (Wildman–Crippen LogP) is 6.27. The van der Waals surface area contributed by atoms with Crippen LogP contribution in [0.5, 0.6) is 5.75 Å². The van der Waals surface area contributed by atoms with Gasteiger partial charge >= 0.3 is 5.97 Å². The molecule has 0 saturated carbocycles. The van der Waals surface area contributed by atoms with Crippen LogP contribution >= 0.6 is 11.3 Å². The fraction of sp³-hybridized carbons (Fsp3) is 0.375. The second-order valence-corrected chi connectivity index (χ2v) is 8.15. The Hall–Kier alpha value is -2.53. The van der Waals surface area contributed by atoms with Crippen molar-refractivity contribution in [2.45, 2.75) is 40.0 Å². The van der Waals surface area contributed by atoms with Crippen LogP contribution < -0.4 is 9.64 Å². The van der Waals surface area contributed by atoms with E-state index in [9.17, 15) is 4.79 Å². The molecule has 4 nitrogen and oxygen atoms in total. The second kappa shape index (κ2) is 10.9. The lowest BCUT2D eigenvalue weighted by Gasteiger charge is -2.22. The lowest BCUT2D eigenvalue weighted by Crippen LogP contribution is -2.12. The van der Waals surface area contributed by atoms with E-state index in [2.05, 4.69) is 42.3 Å². The number of carbonyl (C=O) groups is 1. The van der Waals surface area contributed by atoms with Gasteiger partial charge in [0.25, 0.3) is 0 Å². The minimum absolute atomic E-state index is 0.686. The SMILES string of the molecule is CCCCOc1c(-c2ccsc2/C=C/C(C)=C/C(=O)O)cc(CC)cc1N(C)C. The quantitative estimate of drug-likeness (QED) is 0.283. The van der Waals surface area contributed by atoms with Gasteiger partial charge in [0.1, 0.15) is 5.75 Å². The van der Waals surface area contributed by atoms with Gasteiger partial charge in [-0.25, -0.2) is 4.79 Å². The molecular weight excluding hydrogens is 382 g/mol. The first-order chi connectivity index (χ1) is 13.9. The van der Waals surface area contributed by atoms with Gasteiger partial charge in [-0.15, -0.1) is 11.3 Å². The Labute approximate surface area is 178 Å². The monoisotopic (exact) mass is 413 g/mol. The molecule has 29 heavy (non-hydrogen) atoms. The first kappa shape index (κ1) is 22.8. The average Bonchev–Trinajstić information content (AvgIpc) is 3.14. The van der Waals surface area contributed by atoms with Crippen LogP contribution in [0.15, 0.2) is 41.3 Å². The van der Waals surface area contributed by atoms with E-state index < -0.39 is 5.97 Å². The Bertz CT molecular complexity index is 894. The first-order valence-corrected chi connectivity index (χ1v) is 10.9. The molecule has 0 aliphatic rings. The third kappa shape index (κ3) is 6.23. The van der Waals surface area contributed by atoms with E-state index in [0.29, 0.717) is 12.2 Å². The Morgan fingerprint density at radius 1 is 1.24 bits per heavy atom. The summed E-state index contributed by atoms with van der Waals surface area (Å²) < 4.78 is 6.28. The highest BCUT2D eigenvalue weighted by Crippen LogP contribution is 2.42. The number of aliphatic carboxylic acids is 1. The van der Waals surface area contributed by atoms with E-state index >= 15 is 0 Å². The average molecular weight is 414 g/mol. The van der Waals surface area contributed by atoms with E-state index in [1.807, 2.05) is 26.2 Å². The van der Waals surface area contributed by atoms with Gasteiger partial charge in [-0.2, -0.15) is 0 Å². The molecule has 1 aromatic carbocycles. The molecule has 0 atom stereocenters. The van der Waals surface area contributed by atoms with Crippen molar-refractivity contribution in [3.05, 3.63) is 51.7 Å². The van der Waals surface area contributed by atoms with Gasteiger partial charge in [0, 0.05) is 36.2 Å². The van der Waals surface area contributed by atoms with E-state index in [-0.39, 0.29) is 0 Å². The normalized spacial score (nSPS) is 11.8. The predicted molar refractivity (Wildman–Crippen MR) is 124 cm³/mol. The molecule has 0 saturated heterocycles. The minimum Gasteiger partial charge on any atom is -0.491 e. The van der Waals surface area contributed by atoms with Crippen molar-refractivity contribution in [3.63, 3.8) is 0 Å². The van der Waals surface area contributed by atoms with Crippen LogP contribution in [0, 0.1) is 0 Å². The zero-order valence-corrected chi connectivity index (χ0v) is 18.8. The Morgan fingerprint density at radius 2 is 2.00 bits per heavy atom. The van der Waals surface area contributed by atoms with Gasteiger partial charge in [-0.05, 0) is 60.6 Å². The number of rotatable bonds is 10. The molecule has 156 valence electrons. The summed E-state index contributed by atoms with van der Waals surface area (Å²) in [5.74, 6) is -0.0251. The minimum atomic E-state index is -0.934. The second-order valence-electron chi connectivity index (χ2n) is 7.20. The van der Waals surface area contributed by atoms with E-state index in [1.165, 1.54) is 11.6 Å². The highest BCUT2D eigenvalue weighted by molar-refractivity contribution is 7.11. The molecule has 1 heterocycles. The number of aryl methyl sites for hydroxylation is 1. The zero-order valence-electron chi connectivity index (χ0n) is 18.0. The molecule has 2 rings (SSSR count). The van der Waals surface area contributed by atoms with Gasteiger partial charge in [0.05, 0.1) is 12.3 Å². The van der Waals surface area contributed by atoms with Crippen molar-refractivity contribution in [1.29, 1.82) is 0 Å². The fourth-order valence-electron chi connectivity index (χ4n) is 3.00. The highest BCUT2D eigenvalue weighted by atomic mass is 32.1. The molecule has 2 aromatic rings. The van der Waals surface area contributed by atoms with Crippen molar-refractivity contribution in [1.82, 2.24) is 0 Å². The van der Waals surface area contributed by atoms with E-state index in [0.717, 1.165) is 46.7 Å². The largest absolute Gasteiger partial charge is 0.491 e. The molecule has 0 radical (unpaired) electrons. The molecule has 0 aliphatic heterocycles. The van der Waals surface area contributed by atoms with Gasteiger partial charge < -0.3 is 14.7 Å². The van der Waals surface area contributed by atoms with Gasteiger partial charge in [0.15, 0.2) is 0 Å². The Morgan fingerprint density at radius 3 is 2.62 bits per heavy atom. The molecule has 5 heteroatoms. The molecule has 0 aliphatic carbocycles. The topological polar surface area (TPSA) is 49.8 Å². The maximum Gasteiger partial charge on any atom is 0.328 e. The van der Waals surface area contributed by atoms with Crippen LogP contribution in [0.3, 0.4) is 0 Å². The molecule has 0 spiro atoms. The molecule has 1 N–H and O–H groups in total. The number of thiophene rings is 1. The molecular formula is C24H31NO3S. The summed E-state index contributed by atoms with van der Waals surface area (Å²) in [7, 11) is 4.08. The highest BCUT2D eigenvalue weighted by Gasteiger charge is 2.18. The number of anilines is 1. The smallest absolute Gasteiger partial charge is 0.328 e. The summed E-state index contributed by atoms with van der Waals surface area (Å²) in [6, 6.07) is 6.53. The number of benzene rings is 1. The summed E-state index contributed by atoms with van der Waals surface area (Å²) in [6.45, 7) is 6.79. The van der Waals surface area contributed by atoms with E-state index in [4.69, 9.17) is 9.84 Å². The van der Waals surface area contributed by atoms with Crippen LogP contribution in [0.1, 0.15) is 44.1 Å². The van der Waals surface area contributed by atoms with Crippen LogP contribution in [0.2, 0.25) is 0 Å². The van der Waals surface area contributed by atoms with Crippen LogP contribution in [0.25, 0.3) is 17.2 Å². The summed E-state index contributed by atoms with van der Waals surface area (Å²) in [6.07, 6.45) is 8.08. The number of hydrogen-bond acceptors (Lipinski definition) is 4. The lowest BCUT2D eigenvalue weighted by atomic mass is 9.99. The van der Waals surface area contributed by atoms with Crippen LogP contribution in [-0.4, -0.2) is 31.8 Å². The maximum atomic E-state index is 10.9. The summed E-state index contributed by atoms with van der Waals surface area (Å²) in [5, 5.41) is 11.0. The summed E-state index contributed by atoms with van der Waals surface area (Å²) in [4.78, 5) is 14.1. The molecule has 0 fully saturated rings. The van der Waals surface area contributed by atoms with Crippen LogP contribution in [-0.2, 0) is 11.2 Å². The van der Waals surface area contributed by atoms with Crippen molar-refractivity contribution in [2.24, 2.45) is 0 Å². The third-order valence-electron chi connectivity index (χ3n) is 4.60. The zero-order chi connectivity index (χ0) is 21.4. The van der Waals surface area contributed by atoms with Crippen molar-refractivity contribution >= 4 is 29.1 Å². The Balaban J connectivity index is 2.56. The van der Waals surface area contributed by atoms with Gasteiger partial charge in [0.2, 0.25) is 0 Å². The maximum absolute atomic E-state index is 10.9. The third-order valence-corrected chi connectivity index (χ3v) is 5.48. The standard InChI is InChI=1S/C24H31NO3S/c1-6-8-12-28-24-20(15-18(7-2)16-21(24)25(4)5)19-11-13-29-22(19)10-9-17(3)14-23(26)27/h9-11,13-16H,6-8,12H2,1-5H3,(H,26,27)/b10-9+,17-14+. The van der Waals surface area contributed by atoms with Crippen molar-refractivity contribution in [2.75, 3.05) is 25.6 Å². The van der Waals surface area contributed by atoms with Crippen molar-refractivity contribution < 1.29 is 14.6 Å². The Kier molecular flexibility index (Phi) is 8.52. The summed E-state index contributed by atoms with van der Waals surface area (Å²) in [5.41, 5.74) is 5.24. The van der Waals surface area contributed by atoms with Crippen LogP contribution in [0.4, 0.5) is 5.69 Å². The number of allylic oxidation sites excluding steroid dienone is 2. The number of carboxylic acid groups (broad SMARTS) is 1. The summed E-state index contributed by atoms with van der Waals surface area (Å²) >= 11 is 1.64. The fourth-order valence-corrected chi connectivity index (χ4v) is 3.80. The number of nitrogens with zero attached hydrogens (tertiary/aromatic N) is 1. The number of hydrogen-bond donors (Lipinski definition) is 1. The van der Waals surface area contributed by atoms with Crippen molar-refractivity contribution in [3.8, 4) is 16.9 Å². The lowest BCUT2D eigenvalue weighted by molar-refractivity contribution is -0.131. The van der Waals surface area contributed by atoms with E-state index in [1.54, 1.807) is 18.3 Å².